The summed E-state index contributed by atoms with van der Waals surface area (Å²) < 4.78 is 0. The second-order valence-electron chi connectivity index (χ2n) is 2.68. The molecule has 0 aliphatic rings. The van der Waals surface area contributed by atoms with Crippen molar-refractivity contribution in [3.63, 3.8) is 0 Å². The van der Waals surface area contributed by atoms with Gasteiger partial charge in [-0.1, -0.05) is 19.9 Å². The van der Waals surface area contributed by atoms with Gasteiger partial charge in [-0.15, -0.1) is 6.58 Å². The summed E-state index contributed by atoms with van der Waals surface area (Å²) >= 11 is 0. The Labute approximate surface area is 54.5 Å². The molecule has 52 valence electrons. The SMILES string of the molecule is C=CC(C)(C)C[N+](=O)[O-]. The van der Waals surface area contributed by atoms with Gasteiger partial charge in [0.05, 0.1) is 0 Å². The molecule has 0 N–H and O–H groups in total. The molecule has 3 nitrogen and oxygen atoms in total. The Morgan fingerprint density at radius 3 is 2.33 bits per heavy atom. The summed E-state index contributed by atoms with van der Waals surface area (Å²) in [4.78, 5) is 9.60. The van der Waals surface area contributed by atoms with Gasteiger partial charge in [-0.2, -0.15) is 0 Å². The van der Waals surface area contributed by atoms with E-state index in [9.17, 15) is 10.1 Å². The van der Waals surface area contributed by atoms with E-state index in [1.54, 1.807) is 19.9 Å². The van der Waals surface area contributed by atoms with Crippen molar-refractivity contribution in [2.45, 2.75) is 13.8 Å². The number of hydrogen-bond donors (Lipinski definition) is 0. The maximum absolute atomic E-state index is 9.93. The van der Waals surface area contributed by atoms with Gasteiger partial charge in [-0.05, 0) is 0 Å². The summed E-state index contributed by atoms with van der Waals surface area (Å²) in [5.41, 5.74) is -0.372. The molecule has 0 saturated carbocycles. The first kappa shape index (κ1) is 8.14. The van der Waals surface area contributed by atoms with Gasteiger partial charge in [0.25, 0.3) is 0 Å². The highest BCUT2D eigenvalue weighted by Gasteiger charge is 2.19. The smallest absolute Gasteiger partial charge is 0.212 e. The lowest BCUT2D eigenvalue weighted by molar-refractivity contribution is -0.492. The minimum Gasteiger partial charge on any atom is -0.265 e. The molecule has 0 heterocycles. The largest absolute Gasteiger partial charge is 0.265 e. The molecule has 0 radical (unpaired) electrons. The summed E-state index contributed by atoms with van der Waals surface area (Å²) in [7, 11) is 0. The molecular formula is C6H11NO2. The molecule has 0 unspecified atom stereocenters. The van der Waals surface area contributed by atoms with Crippen LogP contribution in [-0.4, -0.2) is 11.5 Å². The summed E-state index contributed by atoms with van der Waals surface area (Å²) in [5.74, 6) is 0. The Kier molecular flexibility index (Phi) is 2.37. The zero-order valence-electron chi connectivity index (χ0n) is 5.76. The van der Waals surface area contributed by atoms with Crippen LogP contribution in [0.5, 0.6) is 0 Å². The molecule has 0 aromatic heterocycles. The van der Waals surface area contributed by atoms with Gasteiger partial charge >= 0.3 is 0 Å². The van der Waals surface area contributed by atoms with Crippen LogP contribution >= 0.6 is 0 Å². The van der Waals surface area contributed by atoms with Crippen LogP contribution in [-0.2, 0) is 0 Å². The van der Waals surface area contributed by atoms with Crippen molar-refractivity contribution in [3.8, 4) is 0 Å². The average molecular weight is 129 g/mol. The highest BCUT2D eigenvalue weighted by atomic mass is 16.6. The lowest BCUT2D eigenvalue weighted by Crippen LogP contribution is -2.19. The molecule has 0 aromatic rings. The fourth-order valence-electron chi connectivity index (χ4n) is 0.397. The quantitative estimate of drug-likeness (QED) is 0.329. The minimum absolute atomic E-state index is 0.0451. The van der Waals surface area contributed by atoms with E-state index in [0.29, 0.717) is 0 Å². The van der Waals surface area contributed by atoms with Crippen molar-refractivity contribution in [1.29, 1.82) is 0 Å². The molecule has 0 amide bonds. The Morgan fingerprint density at radius 2 is 2.22 bits per heavy atom. The minimum atomic E-state index is -0.372. The van der Waals surface area contributed by atoms with E-state index in [1.807, 2.05) is 0 Å². The zero-order chi connectivity index (χ0) is 7.49. The normalized spacial score (nSPS) is 10.9. The van der Waals surface area contributed by atoms with Gasteiger partial charge in [0, 0.05) is 10.3 Å². The Hall–Kier alpha value is -0.860. The molecule has 0 bridgehead atoms. The lowest BCUT2D eigenvalue weighted by Gasteiger charge is -2.11. The lowest BCUT2D eigenvalue weighted by atomic mass is 9.94. The first-order valence-corrected chi connectivity index (χ1v) is 2.73. The molecule has 9 heavy (non-hydrogen) atoms. The van der Waals surface area contributed by atoms with E-state index in [-0.39, 0.29) is 16.9 Å². The zero-order valence-corrected chi connectivity index (χ0v) is 5.76. The summed E-state index contributed by atoms with van der Waals surface area (Å²) in [6.07, 6.45) is 1.59. The van der Waals surface area contributed by atoms with Gasteiger partial charge in [-0.25, -0.2) is 0 Å². The summed E-state index contributed by atoms with van der Waals surface area (Å²) in [5, 5.41) is 9.93. The third-order valence-electron chi connectivity index (χ3n) is 1.09. The second kappa shape index (κ2) is 2.62. The fourth-order valence-corrected chi connectivity index (χ4v) is 0.397. The summed E-state index contributed by atoms with van der Waals surface area (Å²) in [6, 6.07) is 0. The van der Waals surface area contributed by atoms with Gasteiger partial charge in [0.15, 0.2) is 0 Å². The fraction of sp³-hybridized carbons (Fsp3) is 0.667. The third-order valence-corrected chi connectivity index (χ3v) is 1.09. The predicted molar refractivity (Wildman–Crippen MR) is 35.8 cm³/mol. The molecule has 0 fully saturated rings. The molecule has 0 saturated heterocycles. The number of nitrogens with zero attached hydrogens (tertiary/aromatic N) is 1. The van der Waals surface area contributed by atoms with E-state index in [4.69, 9.17) is 0 Å². The molecule has 0 atom stereocenters. The Morgan fingerprint density at radius 1 is 1.78 bits per heavy atom. The van der Waals surface area contributed by atoms with Gasteiger partial charge in [0.1, 0.15) is 0 Å². The second-order valence-corrected chi connectivity index (χ2v) is 2.68. The summed E-state index contributed by atoms with van der Waals surface area (Å²) in [6.45, 7) is 7.00. The van der Waals surface area contributed by atoms with Crippen LogP contribution in [0, 0.1) is 15.5 Å². The van der Waals surface area contributed by atoms with E-state index >= 15 is 0 Å². The van der Waals surface area contributed by atoms with E-state index in [0.717, 1.165) is 0 Å². The highest BCUT2D eigenvalue weighted by Crippen LogP contribution is 2.14. The monoisotopic (exact) mass is 129 g/mol. The van der Waals surface area contributed by atoms with Crippen molar-refractivity contribution >= 4 is 0 Å². The van der Waals surface area contributed by atoms with Crippen LogP contribution < -0.4 is 0 Å². The average Bonchev–Trinajstić information content (AvgIpc) is 1.63. The molecule has 0 aromatic carbocycles. The van der Waals surface area contributed by atoms with Crippen molar-refractivity contribution in [2.24, 2.45) is 5.41 Å². The molecule has 0 aliphatic heterocycles. The molecule has 3 heteroatoms. The van der Waals surface area contributed by atoms with Gasteiger partial charge < -0.3 is 0 Å². The number of nitro groups is 1. The maximum atomic E-state index is 9.93. The van der Waals surface area contributed by atoms with Gasteiger partial charge in [0.2, 0.25) is 6.54 Å². The van der Waals surface area contributed by atoms with Crippen molar-refractivity contribution in [3.05, 3.63) is 22.8 Å². The molecule has 0 rings (SSSR count). The van der Waals surface area contributed by atoms with Crippen LogP contribution in [0.15, 0.2) is 12.7 Å². The van der Waals surface area contributed by atoms with Crippen LogP contribution in [0.25, 0.3) is 0 Å². The highest BCUT2D eigenvalue weighted by molar-refractivity contribution is 4.86. The van der Waals surface area contributed by atoms with E-state index in [1.165, 1.54) is 0 Å². The van der Waals surface area contributed by atoms with Crippen LogP contribution in [0.2, 0.25) is 0 Å². The maximum Gasteiger partial charge on any atom is 0.212 e. The van der Waals surface area contributed by atoms with Crippen LogP contribution in [0.4, 0.5) is 0 Å². The van der Waals surface area contributed by atoms with E-state index < -0.39 is 0 Å². The first-order chi connectivity index (χ1) is 3.98. The van der Waals surface area contributed by atoms with Crippen LogP contribution in [0.1, 0.15) is 13.8 Å². The Bertz CT molecular complexity index is 129. The van der Waals surface area contributed by atoms with Crippen molar-refractivity contribution in [2.75, 3.05) is 6.54 Å². The number of hydrogen-bond acceptors (Lipinski definition) is 2. The molecule has 0 aliphatic carbocycles. The molecular weight excluding hydrogens is 118 g/mol. The third kappa shape index (κ3) is 3.70. The molecule has 0 spiro atoms. The predicted octanol–water partition coefficient (Wildman–Crippen LogP) is 1.48. The van der Waals surface area contributed by atoms with Gasteiger partial charge in [-0.3, -0.25) is 10.1 Å². The topological polar surface area (TPSA) is 43.1 Å². The van der Waals surface area contributed by atoms with E-state index in [2.05, 4.69) is 6.58 Å². The first-order valence-electron chi connectivity index (χ1n) is 2.73. The van der Waals surface area contributed by atoms with Crippen LogP contribution in [0.3, 0.4) is 0 Å². The van der Waals surface area contributed by atoms with Crippen molar-refractivity contribution in [1.82, 2.24) is 0 Å². The standard InChI is InChI=1S/C6H11NO2/c1-4-6(2,3)5-7(8)9/h4H,1,5H2,2-3H3. The van der Waals surface area contributed by atoms with Crippen molar-refractivity contribution < 1.29 is 4.92 Å². The number of rotatable bonds is 3. The Balaban J connectivity index is 3.86.